The molecule has 0 atom stereocenters. The van der Waals surface area contributed by atoms with Gasteiger partial charge >= 0.3 is 12.1 Å². The molecule has 0 aliphatic rings. The van der Waals surface area contributed by atoms with Crippen LogP contribution >= 0.6 is 0 Å². The maximum atomic E-state index is 12.8. The summed E-state index contributed by atoms with van der Waals surface area (Å²) >= 11 is 0. The summed E-state index contributed by atoms with van der Waals surface area (Å²) in [5.74, 6) is -0.117. The molecule has 0 bridgehead atoms. The lowest BCUT2D eigenvalue weighted by Crippen LogP contribution is -2.37. The molecule has 4 aromatic rings. The predicted molar refractivity (Wildman–Crippen MR) is 119 cm³/mol. The van der Waals surface area contributed by atoms with Gasteiger partial charge in [0, 0.05) is 17.1 Å². The van der Waals surface area contributed by atoms with Crippen LogP contribution < -0.4 is 9.47 Å². The number of carboxylic acids is 1. The number of aliphatic carboxylic acids is 1. The summed E-state index contributed by atoms with van der Waals surface area (Å²) in [7, 11) is 0. The normalized spacial score (nSPS) is 12.0. The minimum absolute atomic E-state index is 0.211. The van der Waals surface area contributed by atoms with Crippen LogP contribution in [0.15, 0.2) is 72.9 Å². The summed E-state index contributed by atoms with van der Waals surface area (Å²) in [5, 5.41) is 14.5. The van der Waals surface area contributed by atoms with E-state index in [9.17, 15) is 23.1 Å². The number of alkyl halides is 3. The Labute approximate surface area is 193 Å². The SMILES string of the molecule is CC(C)(Oc1ccc(OCc2cccc3cn(-c4ccc(C(F)(F)F)cc4)nc23)cc1)C(=O)O. The molecule has 1 N–H and O–H groups in total. The van der Waals surface area contributed by atoms with Crippen LogP contribution in [0.4, 0.5) is 13.2 Å². The van der Waals surface area contributed by atoms with E-state index in [4.69, 9.17) is 9.47 Å². The van der Waals surface area contributed by atoms with Crippen LogP contribution in [0.5, 0.6) is 11.5 Å². The number of rotatable bonds is 7. The number of nitrogens with zero attached hydrogens (tertiary/aromatic N) is 2. The summed E-state index contributed by atoms with van der Waals surface area (Å²) in [6, 6.07) is 17.0. The van der Waals surface area contributed by atoms with Crippen molar-refractivity contribution in [1.29, 1.82) is 0 Å². The monoisotopic (exact) mass is 470 g/mol. The van der Waals surface area contributed by atoms with Crippen molar-refractivity contribution < 1.29 is 32.5 Å². The van der Waals surface area contributed by atoms with E-state index < -0.39 is 23.3 Å². The molecule has 0 radical (unpaired) electrons. The number of fused-ring (bicyclic) bond motifs is 1. The van der Waals surface area contributed by atoms with Crippen LogP contribution in [0.2, 0.25) is 0 Å². The molecule has 176 valence electrons. The van der Waals surface area contributed by atoms with Gasteiger partial charge in [0.15, 0.2) is 5.60 Å². The van der Waals surface area contributed by atoms with Crippen molar-refractivity contribution in [3.8, 4) is 17.2 Å². The lowest BCUT2D eigenvalue weighted by atomic mass is 10.1. The fraction of sp³-hybridized carbons (Fsp3) is 0.200. The highest BCUT2D eigenvalue weighted by Gasteiger charge is 2.30. The Morgan fingerprint density at radius 2 is 1.62 bits per heavy atom. The Morgan fingerprint density at radius 1 is 0.971 bits per heavy atom. The molecule has 0 fully saturated rings. The minimum Gasteiger partial charge on any atom is -0.489 e. The highest BCUT2D eigenvalue weighted by Crippen LogP contribution is 2.30. The summed E-state index contributed by atoms with van der Waals surface area (Å²) in [5.41, 5.74) is -0.0915. The van der Waals surface area contributed by atoms with Gasteiger partial charge in [-0.25, -0.2) is 9.48 Å². The van der Waals surface area contributed by atoms with Gasteiger partial charge in [0.2, 0.25) is 0 Å². The zero-order valence-electron chi connectivity index (χ0n) is 18.3. The quantitative estimate of drug-likeness (QED) is 0.366. The third-order valence-corrected chi connectivity index (χ3v) is 5.19. The lowest BCUT2D eigenvalue weighted by molar-refractivity contribution is -0.152. The maximum absolute atomic E-state index is 12.8. The van der Waals surface area contributed by atoms with E-state index in [0.717, 1.165) is 23.1 Å². The Kier molecular flexibility index (Phi) is 5.95. The van der Waals surface area contributed by atoms with Crippen molar-refractivity contribution in [2.24, 2.45) is 0 Å². The third kappa shape index (κ3) is 4.98. The van der Waals surface area contributed by atoms with Gasteiger partial charge in [-0.15, -0.1) is 0 Å². The summed E-state index contributed by atoms with van der Waals surface area (Å²) in [6.07, 6.45) is -2.65. The molecule has 0 unspecified atom stereocenters. The van der Waals surface area contributed by atoms with Crippen molar-refractivity contribution in [2.45, 2.75) is 32.2 Å². The highest BCUT2D eigenvalue weighted by atomic mass is 19.4. The maximum Gasteiger partial charge on any atom is 0.416 e. The first-order valence-electron chi connectivity index (χ1n) is 10.3. The molecule has 9 heteroatoms. The highest BCUT2D eigenvalue weighted by molar-refractivity contribution is 5.82. The number of aromatic nitrogens is 2. The lowest BCUT2D eigenvalue weighted by Gasteiger charge is -2.21. The predicted octanol–water partition coefficient (Wildman–Crippen LogP) is 5.87. The smallest absolute Gasteiger partial charge is 0.416 e. The molecule has 0 spiro atoms. The first-order chi connectivity index (χ1) is 16.0. The number of halogens is 3. The summed E-state index contributed by atoms with van der Waals surface area (Å²) in [4.78, 5) is 11.2. The molecule has 0 amide bonds. The second kappa shape index (κ2) is 8.74. The number of benzene rings is 3. The van der Waals surface area contributed by atoms with E-state index in [0.29, 0.717) is 22.7 Å². The molecule has 34 heavy (non-hydrogen) atoms. The van der Waals surface area contributed by atoms with Gasteiger partial charge in [0.25, 0.3) is 0 Å². The average molecular weight is 470 g/mol. The van der Waals surface area contributed by atoms with E-state index in [1.807, 2.05) is 18.2 Å². The number of hydrogen-bond donors (Lipinski definition) is 1. The molecule has 0 saturated carbocycles. The van der Waals surface area contributed by atoms with Crippen LogP contribution in [0.25, 0.3) is 16.6 Å². The first kappa shape index (κ1) is 23.2. The van der Waals surface area contributed by atoms with Gasteiger partial charge in [-0.05, 0) is 62.4 Å². The Bertz CT molecular complexity index is 1310. The molecule has 4 rings (SSSR count). The van der Waals surface area contributed by atoms with Crippen LogP contribution in [0.1, 0.15) is 25.0 Å². The van der Waals surface area contributed by atoms with Gasteiger partial charge in [-0.3, -0.25) is 0 Å². The summed E-state index contributed by atoms with van der Waals surface area (Å²) in [6.45, 7) is 3.14. The molecular weight excluding hydrogens is 449 g/mol. The van der Waals surface area contributed by atoms with Crippen LogP contribution in [0, 0.1) is 0 Å². The van der Waals surface area contributed by atoms with Crippen LogP contribution in [0.3, 0.4) is 0 Å². The van der Waals surface area contributed by atoms with Gasteiger partial charge in [-0.2, -0.15) is 18.3 Å². The number of ether oxygens (including phenoxy) is 2. The van der Waals surface area contributed by atoms with Crippen molar-refractivity contribution in [1.82, 2.24) is 9.78 Å². The second-order valence-corrected chi connectivity index (χ2v) is 8.15. The van der Waals surface area contributed by atoms with Gasteiger partial charge in [0.05, 0.1) is 16.8 Å². The average Bonchev–Trinajstić information content (AvgIpc) is 3.23. The topological polar surface area (TPSA) is 73.6 Å². The van der Waals surface area contributed by atoms with Crippen molar-refractivity contribution in [3.63, 3.8) is 0 Å². The molecule has 3 aromatic carbocycles. The van der Waals surface area contributed by atoms with Crippen molar-refractivity contribution in [2.75, 3.05) is 0 Å². The Morgan fingerprint density at radius 3 is 2.24 bits per heavy atom. The molecular formula is C25H21F3N2O4. The van der Waals surface area contributed by atoms with E-state index in [1.165, 1.54) is 30.7 Å². The Hall–Kier alpha value is -4.01. The molecule has 0 saturated heterocycles. The third-order valence-electron chi connectivity index (χ3n) is 5.19. The molecule has 0 aliphatic heterocycles. The fourth-order valence-electron chi connectivity index (χ4n) is 3.26. The van der Waals surface area contributed by atoms with E-state index in [2.05, 4.69) is 5.10 Å². The summed E-state index contributed by atoms with van der Waals surface area (Å²) < 4.78 is 51.3. The van der Waals surface area contributed by atoms with Gasteiger partial charge in [0.1, 0.15) is 18.1 Å². The Balaban J connectivity index is 1.49. The van der Waals surface area contributed by atoms with Crippen molar-refractivity contribution >= 4 is 16.9 Å². The number of carbonyl (C=O) groups is 1. The standard InChI is InChI=1S/C25H21F3N2O4/c1-24(2,23(31)32)34-21-12-10-20(11-13-21)33-15-17-5-3-4-16-14-30(29-22(16)17)19-8-6-18(7-9-19)25(26,27)28/h3-14H,15H2,1-2H3,(H,31,32). The number of hydrogen-bond acceptors (Lipinski definition) is 4. The van der Waals surface area contributed by atoms with Gasteiger partial charge in [-0.1, -0.05) is 18.2 Å². The first-order valence-corrected chi connectivity index (χ1v) is 10.3. The van der Waals surface area contributed by atoms with E-state index in [1.54, 1.807) is 30.5 Å². The second-order valence-electron chi connectivity index (χ2n) is 8.15. The molecule has 1 aromatic heterocycles. The van der Waals surface area contributed by atoms with Crippen LogP contribution in [-0.4, -0.2) is 26.5 Å². The zero-order chi connectivity index (χ0) is 24.5. The fourth-order valence-corrected chi connectivity index (χ4v) is 3.26. The molecule has 1 heterocycles. The van der Waals surface area contributed by atoms with Gasteiger partial charge < -0.3 is 14.6 Å². The molecule has 6 nitrogen and oxygen atoms in total. The van der Waals surface area contributed by atoms with Crippen molar-refractivity contribution in [3.05, 3.63) is 84.1 Å². The largest absolute Gasteiger partial charge is 0.489 e. The minimum atomic E-state index is -4.39. The van der Waals surface area contributed by atoms with Crippen LogP contribution in [-0.2, 0) is 17.6 Å². The zero-order valence-corrected chi connectivity index (χ0v) is 18.3. The van der Waals surface area contributed by atoms with E-state index in [-0.39, 0.29) is 6.61 Å². The number of carboxylic acid groups (broad SMARTS) is 1. The van der Waals surface area contributed by atoms with E-state index >= 15 is 0 Å². The molecule has 0 aliphatic carbocycles.